The number of benzene rings is 2. The number of nitrogens with zero attached hydrogens (tertiary/aromatic N) is 3. The van der Waals surface area contributed by atoms with E-state index in [4.69, 9.17) is 0 Å². The SMILES string of the molecule is O=C(CNS(=O)(=O)c1ccc(N2CCCC2=O)cc1)N1CCN(c2ccc(O)cc2)CC1. The predicted molar refractivity (Wildman–Crippen MR) is 120 cm³/mol. The minimum Gasteiger partial charge on any atom is -0.508 e. The average molecular weight is 459 g/mol. The van der Waals surface area contributed by atoms with Crippen molar-refractivity contribution in [2.45, 2.75) is 17.7 Å². The summed E-state index contributed by atoms with van der Waals surface area (Å²) in [5.41, 5.74) is 1.64. The van der Waals surface area contributed by atoms with E-state index in [1.165, 1.54) is 12.1 Å². The number of aromatic hydroxyl groups is 1. The zero-order chi connectivity index (χ0) is 22.7. The van der Waals surface area contributed by atoms with Crippen LogP contribution in [0.2, 0.25) is 0 Å². The molecule has 2 heterocycles. The Morgan fingerprint density at radius 3 is 2.12 bits per heavy atom. The summed E-state index contributed by atoms with van der Waals surface area (Å²) >= 11 is 0. The molecule has 2 aliphatic rings. The number of carbonyl (C=O) groups excluding carboxylic acids is 2. The second-order valence-corrected chi connectivity index (χ2v) is 9.62. The molecule has 0 bridgehead atoms. The van der Waals surface area contributed by atoms with Gasteiger partial charge >= 0.3 is 0 Å². The van der Waals surface area contributed by atoms with Gasteiger partial charge in [-0.15, -0.1) is 0 Å². The average Bonchev–Trinajstić information content (AvgIpc) is 3.24. The molecule has 170 valence electrons. The van der Waals surface area contributed by atoms with Crippen LogP contribution in [-0.4, -0.2) is 69.5 Å². The van der Waals surface area contributed by atoms with Crippen molar-refractivity contribution in [3.63, 3.8) is 0 Å². The minimum absolute atomic E-state index is 0.0369. The fraction of sp³-hybridized carbons (Fsp3) is 0.364. The Morgan fingerprint density at radius 1 is 0.906 bits per heavy atom. The molecule has 0 unspecified atom stereocenters. The van der Waals surface area contributed by atoms with Gasteiger partial charge in [-0.1, -0.05) is 0 Å². The number of nitrogens with one attached hydrogen (secondary N) is 1. The first kappa shape index (κ1) is 22.1. The zero-order valence-corrected chi connectivity index (χ0v) is 18.4. The van der Waals surface area contributed by atoms with Crippen LogP contribution in [0.1, 0.15) is 12.8 Å². The number of sulfonamides is 1. The lowest BCUT2D eigenvalue weighted by atomic mass is 10.2. The Labute approximate surface area is 187 Å². The van der Waals surface area contributed by atoms with Gasteiger partial charge in [-0.3, -0.25) is 9.59 Å². The summed E-state index contributed by atoms with van der Waals surface area (Å²) in [5, 5.41) is 9.41. The summed E-state index contributed by atoms with van der Waals surface area (Å²) in [5.74, 6) is -0.0397. The van der Waals surface area contributed by atoms with Crippen molar-refractivity contribution in [1.29, 1.82) is 0 Å². The lowest BCUT2D eigenvalue weighted by molar-refractivity contribution is -0.130. The molecule has 9 nitrogen and oxygen atoms in total. The molecule has 32 heavy (non-hydrogen) atoms. The fourth-order valence-electron chi connectivity index (χ4n) is 3.96. The van der Waals surface area contributed by atoms with Crippen molar-refractivity contribution in [2.24, 2.45) is 0 Å². The third-order valence-electron chi connectivity index (χ3n) is 5.79. The van der Waals surface area contributed by atoms with Crippen molar-refractivity contribution >= 4 is 33.2 Å². The van der Waals surface area contributed by atoms with Gasteiger partial charge < -0.3 is 19.8 Å². The van der Waals surface area contributed by atoms with Crippen molar-refractivity contribution in [2.75, 3.05) is 49.1 Å². The van der Waals surface area contributed by atoms with Gasteiger partial charge in [0, 0.05) is 50.5 Å². The molecule has 0 radical (unpaired) electrons. The van der Waals surface area contributed by atoms with Gasteiger partial charge in [0.1, 0.15) is 5.75 Å². The summed E-state index contributed by atoms with van der Waals surface area (Å²) in [4.78, 5) is 29.8. The summed E-state index contributed by atoms with van der Waals surface area (Å²) in [6.45, 7) is 2.55. The number of piperazine rings is 1. The maximum absolute atomic E-state index is 12.6. The number of hydrogen-bond donors (Lipinski definition) is 2. The molecule has 2 amide bonds. The molecule has 0 aromatic heterocycles. The van der Waals surface area contributed by atoms with Crippen molar-refractivity contribution in [3.05, 3.63) is 48.5 Å². The Balaban J connectivity index is 1.29. The largest absolute Gasteiger partial charge is 0.508 e. The van der Waals surface area contributed by atoms with Crippen LogP contribution in [0.4, 0.5) is 11.4 Å². The van der Waals surface area contributed by atoms with E-state index in [0.29, 0.717) is 44.8 Å². The highest BCUT2D eigenvalue weighted by atomic mass is 32.2. The van der Waals surface area contributed by atoms with Gasteiger partial charge in [0.15, 0.2) is 0 Å². The van der Waals surface area contributed by atoms with E-state index in [1.54, 1.807) is 34.1 Å². The van der Waals surface area contributed by atoms with Crippen LogP contribution in [0.5, 0.6) is 5.75 Å². The smallest absolute Gasteiger partial charge is 0.241 e. The molecule has 0 atom stereocenters. The second kappa shape index (κ2) is 9.17. The lowest BCUT2D eigenvalue weighted by Crippen LogP contribution is -2.51. The zero-order valence-electron chi connectivity index (χ0n) is 17.6. The summed E-state index contributed by atoms with van der Waals surface area (Å²) in [6.07, 6.45) is 1.30. The predicted octanol–water partition coefficient (Wildman–Crippen LogP) is 1.15. The summed E-state index contributed by atoms with van der Waals surface area (Å²) in [7, 11) is -3.84. The van der Waals surface area contributed by atoms with E-state index in [-0.39, 0.29) is 29.0 Å². The highest BCUT2D eigenvalue weighted by Gasteiger charge is 2.25. The fourth-order valence-corrected chi connectivity index (χ4v) is 4.93. The molecule has 4 rings (SSSR count). The first-order valence-corrected chi connectivity index (χ1v) is 12.0. The molecule has 2 aromatic rings. The van der Waals surface area contributed by atoms with Gasteiger partial charge in [0.2, 0.25) is 21.8 Å². The van der Waals surface area contributed by atoms with Gasteiger partial charge in [-0.2, -0.15) is 0 Å². The van der Waals surface area contributed by atoms with Crippen LogP contribution in [0, 0.1) is 0 Å². The van der Waals surface area contributed by atoms with E-state index in [1.807, 2.05) is 12.1 Å². The van der Waals surface area contributed by atoms with Crippen LogP contribution < -0.4 is 14.5 Å². The molecule has 2 N–H and O–H groups in total. The van der Waals surface area contributed by atoms with Crippen LogP contribution in [0.15, 0.2) is 53.4 Å². The van der Waals surface area contributed by atoms with Crippen molar-refractivity contribution in [3.8, 4) is 5.75 Å². The van der Waals surface area contributed by atoms with Crippen LogP contribution in [0.3, 0.4) is 0 Å². The molecule has 2 aromatic carbocycles. The Hall–Kier alpha value is -3.11. The van der Waals surface area contributed by atoms with E-state index in [2.05, 4.69) is 9.62 Å². The quantitative estimate of drug-likeness (QED) is 0.672. The lowest BCUT2D eigenvalue weighted by Gasteiger charge is -2.36. The number of rotatable bonds is 6. The van der Waals surface area contributed by atoms with E-state index < -0.39 is 10.0 Å². The molecule has 0 spiro atoms. The van der Waals surface area contributed by atoms with Gasteiger partial charge in [0.25, 0.3) is 0 Å². The number of phenolic OH excluding ortho intramolecular Hbond substituents is 1. The molecule has 2 fully saturated rings. The molecule has 0 aliphatic carbocycles. The Bertz CT molecular complexity index is 1080. The summed E-state index contributed by atoms with van der Waals surface area (Å²) < 4.78 is 27.6. The molecular weight excluding hydrogens is 432 g/mol. The molecule has 10 heteroatoms. The Morgan fingerprint density at radius 2 is 1.53 bits per heavy atom. The number of amides is 2. The van der Waals surface area contributed by atoms with E-state index in [9.17, 15) is 23.1 Å². The standard InChI is InChI=1S/C22H26N4O5S/c27-19-7-3-17(4-8-19)24-12-14-25(15-13-24)22(29)16-23-32(30,31)20-9-5-18(6-10-20)26-11-1-2-21(26)28/h3-10,23,27H,1-2,11-16H2. The summed E-state index contributed by atoms with van der Waals surface area (Å²) in [6, 6.07) is 13.0. The van der Waals surface area contributed by atoms with Crippen LogP contribution >= 0.6 is 0 Å². The molecular formula is C22H26N4O5S. The van der Waals surface area contributed by atoms with Crippen molar-refractivity contribution in [1.82, 2.24) is 9.62 Å². The highest BCUT2D eigenvalue weighted by molar-refractivity contribution is 7.89. The Kier molecular flexibility index (Phi) is 6.33. The first-order valence-electron chi connectivity index (χ1n) is 10.6. The van der Waals surface area contributed by atoms with Crippen LogP contribution in [-0.2, 0) is 19.6 Å². The third kappa shape index (κ3) is 4.86. The monoisotopic (exact) mass is 458 g/mol. The normalized spacial score (nSPS) is 17.1. The van der Waals surface area contributed by atoms with Gasteiger partial charge in [0.05, 0.1) is 11.4 Å². The number of anilines is 2. The van der Waals surface area contributed by atoms with Crippen molar-refractivity contribution < 1.29 is 23.1 Å². The highest BCUT2D eigenvalue weighted by Crippen LogP contribution is 2.23. The minimum atomic E-state index is -3.84. The first-order chi connectivity index (χ1) is 15.3. The number of phenols is 1. The molecule has 2 aliphatic heterocycles. The second-order valence-electron chi connectivity index (χ2n) is 7.85. The molecule has 2 saturated heterocycles. The molecule has 0 saturated carbocycles. The maximum atomic E-state index is 12.6. The van der Waals surface area contributed by atoms with Gasteiger partial charge in [-0.25, -0.2) is 13.1 Å². The third-order valence-corrected chi connectivity index (χ3v) is 7.21. The van der Waals surface area contributed by atoms with Crippen LogP contribution in [0.25, 0.3) is 0 Å². The van der Waals surface area contributed by atoms with Gasteiger partial charge in [-0.05, 0) is 55.0 Å². The topological polar surface area (TPSA) is 110 Å². The van der Waals surface area contributed by atoms with E-state index in [0.717, 1.165) is 12.1 Å². The maximum Gasteiger partial charge on any atom is 0.241 e. The number of hydrogen-bond acceptors (Lipinski definition) is 6. The number of carbonyl (C=O) groups is 2. The van der Waals surface area contributed by atoms with E-state index >= 15 is 0 Å².